The largest absolute Gasteiger partial charge is 0.393 e. The van der Waals surface area contributed by atoms with E-state index in [1.807, 2.05) is 0 Å². The van der Waals surface area contributed by atoms with Gasteiger partial charge in [0.2, 0.25) is 0 Å². The Bertz CT molecular complexity index is 493. The number of sulfone groups is 1. The summed E-state index contributed by atoms with van der Waals surface area (Å²) in [4.78, 5) is 0.0217. The SMILES string of the molecule is CC(O)C1CS(=O)(=O)c2cccc(F)c21. The second-order valence-corrected chi connectivity index (χ2v) is 5.78. The summed E-state index contributed by atoms with van der Waals surface area (Å²) in [6.45, 7) is 1.47. The minimum Gasteiger partial charge on any atom is -0.393 e. The molecule has 1 aliphatic heterocycles. The fraction of sp³-hybridized carbons (Fsp3) is 0.400. The van der Waals surface area contributed by atoms with Gasteiger partial charge in [-0.15, -0.1) is 0 Å². The first-order chi connectivity index (χ1) is 6.93. The molecule has 0 radical (unpaired) electrons. The maximum absolute atomic E-state index is 13.5. The molecule has 0 saturated heterocycles. The lowest BCUT2D eigenvalue weighted by molar-refractivity contribution is 0.169. The summed E-state index contributed by atoms with van der Waals surface area (Å²) in [6.07, 6.45) is -0.863. The number of rotatable bonds is 1. The predicted molar refractivity (Wildman–Crippen MR) is 52.9 cm³/mol. The maximum Gasteiger partial charge on any atom is 0.179 e. The zero-order chi connectivity index (χ0) is 11.2. The number of benzene rings is 1. The van der Waals surface area contributed by atoms with E-state index in [4.69, 9.17) is 0 Å². The van der Waals surface area contributed by atoms with Gasteiger partial charge in [-0.1, -0.05) is 6.07 Å². The fourth-order valence-electron chi connectivity index (χ4n) is 1.94. The first kappa shape index (κ1) is 10.6. The van der Waals surface area contributed by atoms with Crippen LogP contribution in [0.3, 0.4) is 0 Å². The van der Waals surface area contributed by atoms with Crippen LogP contribution in [0.15, 0.2) is 23.1 Å². The summed E-state index contributed by atoms with van der Waals surface area (Å²) in [5, 5.41) is 9.42. The number of hydrogen-bond acceptors (Lipinski definition) is 3. The third-order valence-electron chi connectivity index (χ3n) is 2.70. The third kappa shape index (κ3) is 1.55. The Balaban J connectivity index is 2.69. The lowest BCUT2D eigenvalue weighted by Gasteiger charge is -2.13. The molecule has 2 rings (SSSR count). The van der Waals surface area contributed by atoms with E-state index in [0.717, 1.165) is 0 Å². The lowest BCUT2D eigenvalue weighted by atomic mass is 9.96. The van der Waals surface area contributed by atoms with Crippen LogP contribution >= 0.6 is 0 Å². The second-order valence-electron chi connectivity index (χ2n) is 3.78. The van der Waals surface area contributed by atoms with Gasteiger partial charge in [0.25, 0.3) is 0 Å². The topological polar surface area (TPSA) is 54.4 Å². The molecule has 1 aliphatic rings. The molecule has 1 aromatic carbocycles. The highest BCUT2D eigenvalue weighted by molar-refractivity contribution is 7.91. The second kappa shape index (κ2) is 3.28. The summed E-state index contributed by atoms with van der Waals surface area (Å²) < 4.78 is 36.8. The van der Waals surface area contributed by atoms with Gasteiger partial charge >= 0.3 is 0 Å². The fourth-order valence-corrected chi connectivity index (χ4v) is 3.91. The van der Waals surface area contributed by atoms with Crippen molar-refractivity contribution in [3.63, 3.8) is 0 Å². The molecule has 1 heterocycles. The smallest absolute Gasteiger partial charge is 0.179 e. The van der Waals surface area contributed by atoms with E-state index in [1.165, 1.54) is 25.1 Å². The van der Waals surface area contributed by atoms with Crippen LogP contribution in [-0.4, -0.2) is 25.4 Å². The Morgan fingerprint density at radius 2 is 2.20 bits per heavy atom. The van der Waals surface area contributed by atoms with Crippen LogP contribution in [0.2, 0.25) is 0 Å². The lowest BCUT2D eigenvalue weighted by Crippen LogP contribution is -2.17. The van der Waals surface area contributed by atoms with Crippen molar-refractivity contribution in [1.82, 2.24) is 0 Å². The van der Waals surface area contributed by atoms with Gasteiger partial charge in [-0.2, -0.15) is 0 Å². The van der Waals surface area contributed by atoms with E-state index in [2.05, 4.69) is 0 Å². The van der Waals surface area contributed by atoms with Gasteiger partial charge < -0.3 is 5.11 Å². The quantitative estimate of drug-likeness (QED) is 0.785. The van der Waals surface area contributed by atoms with Crippen molar-refractivity contribution in [1.29, 1.82) is 0 Å². The molecule has 1 N–H and O–H groups in total. The van der Waals surface area contributed by atoms with Crippen molar-refractivity contribution >= 4 is 9.84 Å². The average molecular weight is 230 g/mol. The highest BCUT2D eigenvalue weighted by Gasteiger charge is 2.39. The normalized spacial score (nSPS) is 24.9. The van der Waals surface area contributed by atoms with Gasteiger partial charge in [0.1, 0.15) is 5.82 Å². The van der Waals surface area contributed by atoms with Crippen molar-refractivity contribution in [3.05, 3.63) is 29.6 Å². The van der Waals surface area contributed by atoms with E-state index in [0.29, 0.717) is 0 Å². The van der Waals surface area contributed by atoms with Crippen molar-refractivity contribution in [2.75, 3.05) is 5.75 Å². The molecular formula is C10H11FO3S. The molecule has 0 bridgehead atoms. The molecule has 0 saturated carbocycles. The minimum atomic E-state index is -3.42. The minimum absolute atomic E-state index is 0.0217. The maximum atomic E-state index is 13.5. The zero-order valence-corrected chi connectivity index (χ0v) is 8.96. The van der Waals surface area contributed by atoms with Crippen LogP contribution < -0.4 is 0 Å². The Labute approximate surface area is 87.5 Å². The van der Waals surface area contributed by atoms with Gasteiger partial charge in [-0.3, -0.25) is 0 Å². The molecule has 0 amide bonds. The highest BCUT2D eigenvalue weighted by atomic mass is 32.2. The van der Waals surface area contributed by atoms with Gasteiger partial charge in [0, 0.05) is 11.5 Å². The van der Waals surface area contributed by atoms with E-state index in [1.54, 1.807) is 0 Å². The summed E-state index contributed by atoms with van der Waals surface area (Å²) in [5.41, 5.74) is 0.132. The van der Waals surface area contributed by atoms with Crippen LogP contribution in [0.1, 0.15) is 18.4 Å². The van der Waals surface area contributed by atoms with Crippen molar-refractivity contribution < 1.29 is 17.9 Å². The standard InChI is InChI=1S/C10H11FO3S/c1-6(12)7-5-15(13,14)9-4-2-3-8(11)10(7)9/h2-4,6-7,12H,5H2,1H3. The van der Waals surface area contributed by atoms with Crippen LogP contribution in [0.25, 0.3) is 0 Å². The Morgan fingerprint density at radius 1 is 1.53 bits per heavy atom. The van der Waals surface area contributed by atoms with Crippen molar-refractivity contribution in [2.45, 2.75) is 23.8 Å². The number of hydrogen-bond donors (Lipinski definition) is 1. The zero-order valence-electron chi connectivity index (χ0n) is 8.14. The molecule has 3 nitrogen and oxygen atoms in total. The highest BCUT2D eigenvalue weighted by Crippen LogP contribution is 2.38. The van der Waals surface area contributed by atoms with Crippen molar-refractivity contribution in [2.24, 2.45) is 0 Å². The molecule has 0 aliphatic carbocycles. The molecule has 2 atom stereocenters. The predicted octanol–water partition coefficient (Wildman–Crippen LogP) is 1.08. The molecular weight excluding hydrogens is 219 g/mol. The van der Waals surface area contributed by atoms with Gasteiger partial charge in [-0.25, -0.2) is 12.8 Å². The summed E-state index contributed by atoms with van der Waals surface area (Å²) in [6, 6.07) is 3.97. The summed E-state index contributed by atoms with van der Waals surface area (Å²) >= 11 is 0. The Kier molecular flexibility index (Phi) is 2.31. The number of halogens is 1. The first-order valence-electron chi connectivity index (χ1n) is 4.62. The molecule has 15 heavy (non-hydrogen) atoms. The molecule has 2 unspecified atom stereocenters. The van der Waals surface area contributed by atoms with Gasteiger partial charge in [-0.05, 0) is 19.1 Å². The molecule has 5 heteroatoms. The van der Waals surface area contributed by atoms with E-state index >= 15 is 0 Å². The molecule has 0 spiro atoms. The number of aliphatic hydroxyl groups excluding tert-OH is 1. The molecule has 0 aromatic heterocycles. The van der Waals surface area contributed by atoms with Crippen LogP contribution in [-0.2, 0) is 9.84 Å². The summed E-state index contributed by atoms with van der Waals surface area (Å²) in [7, 11) is -3.42. The van der Waals surface area contributed by atoms with Crippen LogP contribution in [0, 0.1) is 5.82 Å². The first-order valence-corrected chi connectivity index (χ1v) is 6.28. The number of aliphatic hydroxyl groups is 1. The van der Waals surface area contributed by atoms with Crippen LogP contribution in [0.4, 0.5) is 4.39 Å². The van der Waals surface area contributed by atoms with Crippen molar-refractivity contribution in [3.8, 4) is 0 Å². The van der Waals surface area contributed by atoms with Gasteiger partial charge in [0.05, 0.1) is 16.8 Å². The monoisotopic (exact) mass is 230 g/mol. The molecule has 82 valence electrons. The van der Waals surface area contributed by atoms with E-state index in [9.17, 15) is 17.9 Å². The average Bonchev–Trinajstić information content (AvgIpc) is 2.40. The van der Waals surface area contributed by atoms with Gasteiger partial charge in [0.15, 0.2) is 9.84 Å². The van der Waals surface area contributed by atoms with E-state index in [-0.39, 0.29) is 16.2 Å². The third-order valence-corrected chi connectivity index (χ3v) is 4.52. The summed E-state index contributed by atoms with van der Waals surface area (Å²) in [5.74, 6) is -1.41. The van der Waals surface area contributed by atoms with E-state index < -0.39 is 27.7 Å². The Morgan fingerprint density at radius 3 is 2.80 bits per heavy atom. The van der Waals surface area contributed by atoms with Crippen LogP contribution in [0.5, 0.6) is 0 Å². The molecule has 0 fully saturated rings. The molecule has 1 aromatic rings. The number of fused-ring (bicyclic) bond motifs is 1. The Hall–Kier alpha value is -0.940.